The molecule has 8 nitrogen and oxygen atoms in total. The first-order valence-corrected chi connectivity index (χ1v) is 12.0. The third-order valence-electron chi connectivity index (χ3n) is 7.07. The second-order valence-corrected chi connectivity index (χ2v) is 9.48. The fraction of sp³-hybridized carbons (Fsp3) is 0.333. The smallest absolute Gasteiger partial charge is 0.255 e. The largest absolute Gasteiger partial charge is 0.489 e. The van der Waals surface area contributed by atoms with Crippen molar-refractivity contribution < 1.29 is 19.1 Å². The molecule has 0 spiro atoms. The highest BCUT2D eigenvalue weighted by atomic mass is 16.5. The molecule has 3 aromatic rings. The summed E-state index contributed by atoms with van der Waals surface area (Å²) in [5.74, 6) is -0.118. The van der Waals surface area contributed by atoms with Crippen molar-refractivity contribution in [2.45, 2.75) is 44.5 Å². The van der Waals surface area contributed by atoms with Crippen LogP contribution in [0.1, 0.15) is 40.9 Å². The number of carbonyl (C=O) groups is 3. The molecule has 4 heterocycles. The van der Waals surface area contributed by atoms with Gasteiger partial charge in [-0.2, -0.15) is 0 Å². The van der Waals surface area contributed by atoms with Crippen LogP contribution in [-0.4, -0.2) is 57.7 Å². The van der Waals surface area contributed by atoms with Crippen LogP contribution in [0.3, 0.4) is 0 Å². The molecular formula is C27H26N4O4. The number of rotatable bonds is 5. The molecule has 3 amide bonds. The standard InChI is InChI=1S/C27H26N4O4/c32-25-10-9-24(26(33)29-25)31-14-18-13-20(7-8-22(18)27(31)34)35-21-11-12-30(16-21)15-19-6-5-17-3-1-2-4-23(17)28-19/h1-8,13,21,24H,9-12,14-16H2,(H,29,32,33)/t21-,24?/m0/s1. The Morgan fingerprint density at radius 1 is 1.03 bits per heavy atom. The second-order valence-electron chi connectivity index (χ2n) is 9.48. The van der Waals surface area contributed by atoms with E-state index in [1.807, 2.05) is 30.3 Å². The summed E-state index contributed by atoms with van der Waals surface area (Å²) in [7, 11) is 0. The Balaban J connectivity index is 1.08. The maximum Gasteiger partial charge on any atom is 0.255 e. The number of benzene rings is 2. The van der Waals surface area contributed by atoms with Crippen molar-refractivity contribution >= 4 is 28.6 Å². The van der Waals surface area contributed by atoms with E-state index in [0.717, 1.165) is 54.0 Å². The predicted molar refractivity (Wildman–Crippen MR) is 129 cm³/mol. The molecule has 1 unspecified atom stereocenters. The number of amides is 3. The second kappa shape index (κ2) is 8.78. The van der Waals surface area contributed by atoms with Crippen LogP contribution < -0.4 is 10.1 Å². The number of pyridine rings is 1. The Hall–Kier alpha value is -3.78. The summed E-state index contributed by atoms with van der Waals surface area (Å²) < 4.78 is 6.27. The van der Waals surface area contributed by atoms with Crippen LogP contribution in [0.25, 0.3) is 10.9 Å². The quantitative estimate of drug-likeness (QED) is 0.577. The molecule has 2 fully saturated rings. The van der Waals surface area contributed by atoms with Gasteiger partial charge in [-0.15, -0.1) is 0 Å². The number of nitrogens with zero attached hydrogens (tertiary/aromatic N) is 3. The predicted octanol–water partition coefficient (Wildman–Crippen LogP) is 2.65. The van der Waals surface area contributed by atoms with Gasteiger partial charge in [0, 0.05) is 43.5 Å². The van der Waals surface area contributed by atoms with E-state index in [4.69, 9.17) is 9.72 Å². The van der Waals surface area contributed by atoms with Crippen molar-refractivity contribution in [3.8, 4) is 5.75 Å². The van der Waals surface area contributed by atoms with Crippen LogP contribution in [0.15, 0.2) is 54.6 Å². The molecule has 2 saturated heterocycles. The van der Waals surface area contributed by atoms with E-state index in [2.05, 4.69) is 28.4 Å². The molecule has 6 rings (SSSR count). The monoisotopic (exact) mass is 470 g/mol. The summed E-state index contributed by atoms with van der Waals surface area (Å²) in [5, 5.41) is 3.48. The molecule has 1 aromatic heterocycles. The average molecular weight is 471 g/mol. The first kappa shape index (κ1) is 21.7. The summed E-state index contributed by atoms with van der Waals surface area (Å²) in [6.07, 6.45) is 1.60. The van der Waals surface area contributed by atoms with Crippen LogP contribution in [0.2, 0.25) is 0 Å². The Labute approximate surface area is 202 Å². The summed E-state index contributed by atoms with van der Waals surface area (Å²) in [6.45, 7) is 2.88. The number of imide groups is 1. The van der Waals surface area contributed by atoms with Gasteiger partial charge in [0.25, 0.3) is 5.91 Å². The van der Waals surface area contributed by atoms with Crippen molar-refractivity contribution in [2.75, 3.05) is 13.1 Å². The van der Waals surface area contributed by atoms with Gasteiger partial charge in [-0.3, -0.25) is 29.6 Å². The minimum atomic E-state index is -0.607. The lowest BCUT2D eigenvalue weighted by Crippen LogP contribution is -2.52. The maximum absolute atomic E-state index is 12.9. The highest BCUT2D eigenvalue weighted by molar-refractivity contribution is 6.05. The minimum absolute atomic E-state index is 0.0665. The highest BCUT2D eigenvalue weighted by Crippen LogP contribution is 2.31. The molecule has 3 aliphatic heterocycles. The van der Waals surface area contributed by atoms with Crippen LogP contribution in [0, 0.1) is 0 Å². The lowest BCUT2D eigenvalue weighted by atomic mass is 10.0. The maximum atomic E-state index is 12.9. The van der Waals surface area contributed by atoms with Gasteiger partial charge in [0.1, 0.15) is 17.9 Å². The van der Waals surface area contributed by atoms with Crippen LogP contribution in [0.4, 0.5) is 0 Å². The Morgan fingerprint density at radius 2 is 1.91 bits per heavy atom. The summed E-state index contributed by atoms with van der Waals surface area (Å²) in [6, 6.07) is 17.3. The molecule has 178 valence electrons. The van der Waals surface area contributed by atoms with E-state index in [1.54, 1.807) is 11.0 Å². The van der Waals surface area contributed by atoms with E-state index in [0.29, 0.717) is 18.5 Å². The molecule has 8 heteroatoms. The SMILES string of the molecule is O=C1CCC(N2Cc3cc(O[C@H]4CCN(Cc5ccc6ccccc6n5)C4)ccc3C2=O)C(=O)N1. The average Bonchev–Trinajstić information content (AvgIpc) is 3.42. The summed E-state index contributed by atoms with van der Waals surface area (Å²) >= 11 is 0. The number of ether oxygens (including phenoxy) is 1. The molecule has 0 aliphatic carbocycles. The van der Waals surface area contributed by atoms with Crippen molar-refractivity contribution in [1.29, 1.82) is 0 Å². The van der Waals surface area contributed by atoms with Crippen LogP contribution in [0.5, 0.6) is 5.75 Å². The third-order valence-corrected chi connectivity index (χ3v) is 7.07. The number of hydrogen-bond donors (Lipinski definition) is 1. The number of carbonyl (C=O) groups excluding carboxylic acids is 3. The topological polar surface area (TPSA) is 91.8 Å². The number of fused-ring (bicyclic) bond motifs is 2. The summed E-state index contributed by atoms with van der Waals surface area (Å²) in [4.78, 5) is 45.3. The van der Waals surface area contributed by atoms with E-state index >= 15 is 0 Å². The van der Waals surface area contributed by atoms with Gasteiger partial charge in [0.15, 0.2) is 0 Å². The van der Waals surface area contributed by atoms with Gasteiger partial charge >= 0.3 is 0 Å². The molecule has 0 bridgehead atoms. The molecule has 0 saturated carbocycles. The first-order valence-electron chi connectivity index (χ1n) is 12.0. The zero-order chi connectivity index (χ0) is 23.9. The van der Waals surface area contributed by atoms with Gasteiger partial charge in [0.2, 0.25) is 11.8 Å². The molecule has 2 atom stereocenters. The van der Waals surface area contributed by atoms with E-state index in [9.17, 15) is 14.4 Å². The number of likely N-dealkylation sites (tertiary alicyclic amines) is 1. The number of piperidine rings is 1. The molecule has 2 aromatic carbocycles. The molecule has 35 heavy (non-hydrogen) atoms. The Morgan fingerprint density at radius 3 is 2.80 bits per heavy atom. The van der Waals surface area contributed by atoms with Gasteiger partial charge in [-0.25, -0.2) is 0 Å². The van der Waals surface area contributed by atoms with Gasteiger partial charge in [0.05, 0.1) is 11.2 Å². The van der Waals surface area contributed by atoms with E-state index in [1.165, 1.54) is 0 Å². The van der Waals surface area contributed by atoms with Crippen LogP contribution >= 0.6 is 0 Å². The van der Waals surface area contributed by atoms with Crippen molar-refractivity contribution in [1.82, 2.24) is 20.1 Å². The summed E-state index contributed by atoms with van der Waals surface area (Å²) in [5.41, 5.74) is 3.51. The lowest BCUT2D eigenvalue weighted by Gasteiger charge is -2.29. The highest BCUT2D eigenvalue weighted by Gasteiger charge is 2.39. The fourth-order valence-electron chi connectivity index (χ4n) is 5.28. The number of nitrogens with one attached hydrogen (secondary N) is 1. The Kier molecular flexibility index (Phi) is 5.45. The lowest BCUT2D eigenvalue weighted by molar-refractivity contribution is -0.136. The first-order chi connectivity index (χ1) is 17.0. The minimum Gasteiger partial charge on any atom is -0.489 e. The van der Waals surface area contributed by atoms with Gasteiger partial charge < -0.3 is 9.64 Å². The van der Waals surface area contributed by atoms with Crippen molar-refractivity contribution in [3.05, 3.63) is 71.4 Å². The fourth-order valence-corrected chi connectivity index (χ4v) is 5.28. The molecule has 0 radical (unpaired) electrons. The molecule has 1 N–H and O–H groups in total. The van der Waals surface area contributed by atoms with E-state index < -0.39 is 11.9 Å². The third kappa shape index (κ3) is 4.25. The Bertz CT molecular complexity index is 1340. The van der Waals surface area contributed by atoms with Gasteiger partial charge in [-0.05, 0) is 48.7 Å². The molecule has 3 aliphatic rings. The number of hydrogen-bond acceptors (Lipinski definition) is 6. The number of aromatic nitrogens is 1. The van der Waals surface area contributed by atoms with Crippen molar-refractivity contribution in [2.24, 2.45) is 0 Å². The van der Waals surface area contributed by atoms with Gasteiger partial charge in [-0.1, -0.05) is 24.3 Å². The zero-order valence-electron chi connectivity index (χ0n) is 19.3. The van der Waals surface area contributed by atoms with E-state index in [-0.39, 0.29) is 24.3 Å². The zero-order valence-corrected chi connectivity index (χ0v) is 19.3. The van der Waals surface area contributed by atoms with Crippen LogP contribution in [-0.2, 0) is 22.7 Å². The van der Waals surface area contributed by atoms with Crippen molar-refractivity contribution in [3.63, 3.8) is 0 Å². The number of para-hydroxylation sites is 1. The normalized spacial score (nSPS) is 22.5. The molecular weight excluding hydrogens is 444 g/mol.